The number of ether oxygens (including phenoxy) is 1. The molecule has 1 fully saturated rings. The number of thiophene rings is 1. The Kier molecular flexibility index (Phi) is 5.32. The number of rotatable bonds is 4. The average molecular weight is 434 g/mol. The molecule has 5 rings (SSSR count). The van der Waals surface area contributed by atoms with Crippen molar-refractivity contribution in [3.05, 3.63) is 64.5 Å². The molecule has 0 bridgehead atoms. The number of nitrogens with zero attached hydrogens (tertiary/aromatic N) is 1. The van der Waals surface area contributed by atoms with Gasteiger partial charge in [-0.3, -0.25) is 14.4 Å². The molecule has 158 valence electrons. The summed E-state index contributed by atoms with van der Waals surface area (Å²) >= 11 is 1.71. The Morgan fingerprint density at radius 1 is 1.03 bits per heavy atom. The fourth-order valence-electron chi connectivity index (χ4n) is 4.52. The minimum Gasteiger partial charge on any atom is -0.489 e. The monoisotopic (exact) mass is 433 g/mol. The van der Waals surface area contributed by atoms with Crippen LogP contribution in [-0.4, -0.2) is 28.4 Å². The van der Waals surface area contributed by atoms with Crippen LogP contribution in [0.1, 0.15) is 53.6 Å². The summed E-state index contributed by atoms with van der Waals surface area (Å²) in [6, 6.07) is 13.3. The van der Waals surface area contributed by atoms with Crippen LogP contribution in [0, 0.1) is 0 Å². The molecule has 31 heavy (non-hydrogen) atoms. The summed E-state index contributed by atoms with van der Waals surface area (Å²) in [5.41, 5.74) is 2.48. The van der Waals surface area contributed by atoms with Crippen molar-refractivity contribution in [3.8, 4) is 5.75 Å². The summed E-state index contributed by atoms with van der Waals surface area (Å²) in [4.78, 5) is 39.3. The maximum absolute atomic E-state index is 13.1. The minimum atomic E-state index is -0.530. The number of benzene rings is 2. The maximum atomic E-state index is 13.1. The van der Waals surface area contributed by atoms with Crippen LogP contribution in [0.4, 0.5) is 0 Å². The molecule has 2 aromatic carbocycles. The molecule has 5 nitrogen and oxygen atoms in total. The van der Waals surface area contributed by atoms with Crippen LogP contribution >= 0.6 is 11.3 Å². The second kappa shape index (κ2) is 8.27. The number of hydrogen-bond donors (Lipinski definition) is 0. The number of carbonyl (C=O) groups excluding carboxylic acids is 3. The minimum absolute atomic E-state index is 0.0557. The standard InChI is InChI=1S/C25H23NO4S/c27-18-3-1-5-22(28)21(9-8-18)26-14-20-19(25(26)29)4-2-6-23(20)30-15-16-7-10-24-17(13-16)11-12-31-24/h2,4,6-7,10-13,21H,1,3,5,8-9,14-15H2. The molecule has 1 amide bonds. The molecule has 1 aliphatic heterocycles. The van der Waals surface area contributed by atoms with Gasteiger partial charge in [0, 0.05) is 35.1 Å². The first-order valence-electron chi connectivity index (χ1n) is 10.7. The first-order valence-corrected chi connectivity index (χ1v) is 11.5. The summed E-state index contributed by atoms with van der Waals surface area (Å²) in [7, 11) is 0. The molecule has 0 radical (unpaired) electrons. The van der Waals surface area contributed by atoms with Crippen LogP contribution in [0.3, 0.4) is 0 Å². The van der Waals surface area contributed by atoms with Crippen molar-refractivity contribution < 1.29 is 19.1 Å². The molecule has 2 heterocycles. The van der Waals surface area contributed by atoms with Crippen molar-refractivity contribution in [1.29, 1.82) is 0 Å². The van der Waals surface area contributed by atoms with E-state index in [2.05, 4.69) is 29.6 Å². The smallest absolute Gasteiger partial charge is 0.255 e. The first kappa shape index (κ1) is 19.9. The topological polar surface area (TPSA) is 63.7 Å². The Bertz CT molecular complexity index is 1180. The Hall–Kier alpha value is -2.99. The summed E-state index contributed by atoms with van der Waals surface area (Å²) in [6.07, 6.45) is 2.15. The number of Topliss-reactive ketones (excluding diaryl/α,β-unsaturated/α-hetero) is 2. The summed E-state index contributed by atoms with van der Waals surface area (Å²) in [5, 5.41) is 3.27. The predicted octanol–water partition coefficient (Wildman–Crippen LogP) is 4.91. The van der Waals surface area contributed by atoms with Crippen LogP contribution in [0.15, 0.2) is 47.8 Å². The molecule has 2 aliphatic rings. The van der Waals surface area contributed by atoms with Crippen molar-refractivity contribution in [2.24, 2.45) is 0 Å². The van der Waals surface area contributed by atoms with Gasteiger partial charge in [0.05, 0.1) is 12.6 Å². The molecular weight excluding hydrogens is 410 g/mol. The molecule has 3 aromatic rings. The van der Waals surface area contributed by atoms with E-state index < -0.39 is 6.04 Å². The second-order valence-corrected chi connectivity index (χ2v) is 9.16. The van der Waals surface area contributed by atoms with Gasteiger partial charge in [-0.2, -0.15) is 0 Å². The van der Waals surface area contributed by atoms with Crippen LogP contribution in [0.2, 0.25) is 0 Å². The molecular formula is C25H23NO4S. The van der Waals surface area contributed by atoms with E-state index in [0.29, 0.717) is 56.6 Å². The molecule has 1 aliphatic carbocycles. The van der Waals surface area contributed by atoms with Crippen molar-refractivity contribution in [2.75, 3.05) is 0 Å². The lowest BCUT2D eigenvalue weighted by Crippen LogP contribution is -2.42. The summed E-state index contributed by atoms with van der Waals surface area (Å²) < 4.78 is 7.36. The fraction of sp³-hybridized carbons (Fsp3) is 0.320. The number of carbonyl (C=O) groups is 3. The zero-order valence-electron chi connectivity index (χ0n) is 17.1. The van der Waals surface area contributed by atoms with Gasteiger partial charge in [0.25, 0.3) is 5.91 Å². The predicted molar refractivity (Wildman–Crippen MR) is 119 cm³/mol. The van der Waals surface area contributed by atoms with E-state index in [1.807, 2.05) is 12.1 Å². The third-order valence-electron chi connectivity index (χ3n) is 6.19. The zero-order valence-corrected chi connectivity index (χ0v) is 18.0. The highest BCUT2D eigenvalue weighted by molar-refractivity contribution is 7.17. The van der Waals surface area contributed by atoms with Gasteiger partial charge in [0.2, 0.25) is 0 Å². The Balaban J connectivity index is 1.35. The number of hydrogen-bond acceptors (Lipinski definition) is 5. The normalized spacial score (nSPS) is 19.4. The van der Waals surface area contributed by atoms with E-state index in [1.54, 1.807) is 22.3 Å². The highest BCUT2D eigenvalue weighted by atomic mass is 32.1. The third-order valence-corrected chi connectivity index (χ3v) is 7.09. The SMILES string of the molecule is O=C1CCCC(=O)C(N2Cc3c(OCc4ccc5sccc5c4)cccc3C2=O)CC1. The number of amides is 1. The fourth-order valence-corrected chi connectivity index (χ4v) is 5.29. The van der Waals surface area contributed by atoms with E-state index in [4.69, 9.17) is 4.74 Å². The zero-order chi connectivity index (χ0) is 21.4. The highest BCUT2D eigenvalue weighted by Gasteiger charge is 2.38. The Labute approximate surface area is 184 Å². The first-order chi connectivity index (χ1) is 15.1. The molecule has 1 atom stereocenters. The van der Waals surface area contributed by atoms with E-state index in [1.165, 1.54) is 10.1 Å². The van der Waals surface area contributed by atoms with Gasteiger partial charge in [-0.15, -0.1) is 11.3 Å². The van der Waals surface area contributed by atoms with Gasteiger partial charge < -0.3 is 9.64 Å². The average Bonchev–Trinajstić information content (AvgIpc) is 3.36. The van der Waals surface area contributed by atoms with Gasteiger partial charge in [0.15, 0.2) is 5.78 Å². The summed E-state index contributed by atoms with van der Waals surface area (Å²) in [5.74, 6) is 0.758. The van der Waals surface area contributed by atoms with Crippen molar-refractivity contribution in [3.63, 3.8) is 0 Å². The Morgan fingerprint density at radius 3 is 2.84 bits per heavy atom. The van der Waals surface area contributed by atoms with Gasteiger partial charge in [-0.1, -0.05) is 12.1 Å². The molecule has 0 saturated heterocycles. The summed E-state index contributed by atoms with van der Waals surface area (Å²) in [6.45, 7) is 0.756. The maximum Gasteiger partial charge on any atom is 0.255 e. The van der Waals surface area contributed by atoms with Crippen LogP contribution in [-0.2, 0) is 22.7 Å². The largest absolute Gasteiger partial charge is 0.489 e. The molecule has 6 heteroatoms. The van der Waals surface area contributed by atoms with Crippen molar-refractivity contribution >= 4 is 38.9 Å². The van der Waals surface area contributed by atoms with Crippen molar-refractivity contribution in [2.45, 2.75) is 51.3 Å². The molecule has 1 aromatic heterocycles. The van der Waals surface area contributed by atoms with Gasteiger partial charge in [0.1, 0.15) is 18.1 Å². The number of fused-ring (bicyclic) bond motifs is 2. The van der Waals surface area contributed by atoms with Gasteiger partial charge in [-0.25, -0.2) is 0 Å². The molecule has 0 spiro atoms. The van der Waals surface area contributed by atoms with E-state index in [0.717, 1.165) is 11.1 Å². The van der Waals surface area contributed by atoms with Gasteiger partial charge in [-0.05, 0) is 59.5 Å². The van der Waals surface area contributed by atoms with E-state index in [9.17, 15) is 14.4 Å². The third kappa shape index (κ3) is 3.88. The van der Waals surface area contributed by atoms with Crippen LogP contribution in [0.25, 0.3) is 10.1 Å². The second-order valence-electron chi connectivity index (χ2n) is 8.21. The molecule has 0 N–H and O–H groups in total. The van der Waals surface area contributed by atoms with E-state index >= 15 is 0 Å². The lowest BCUT2D eigenvalue weighted by Gasteiger charge is -2.28. The number of ketones is 2. The highest BCUT2D eigenvalue weighted by Crippen LogP contribution is 2.34. The molecule has 1 saturated carbocycles. The van der Waals surface area contributed by atoms with Gasteiger partial charge >= 0.3 is 0 Å². The lowest BCUT2D eigenvalue weighted by molar-refractivity contribution is -0.126. The van der Waals surface area contributed by atoms with Crippen LogP contribution in [0.5, 0.6) is 5.75 Å². The van der Waals surface area contributed by atoms with E-state index in [-0.39, 0.29) is 17.5 Å². The van der Waals surface area contributed by atoms with Crippen molar-refractivity contribution in [1.82, 2.24) is 4.90 Å². The lowest BCUT2D eigenvalue weighted by atomic mass is 9.94. The Morgan fingerprint density at radius 2 is 1.94 bits per heavy atom. The van der Waals surface area contributed by atoms with Crippen LogP contribution < -0.4 is 4.74 Å². The quantitative estimate of drug-likeness (QED) is 0.587. The molecule has 1 unspecified atom stereocenters.